The molecule has 0 radical (unpaired) electrons. The maximum Gasteiger partial charge on any atom is 0.231 e. The molecule has 0 saturated heterocycles. The average molecular weight is 603 g/mol. The van der Waals surface area contributed by atoms with Gasteiger partial charge in [-0.3, -0.25) is 4.98 Å². The topological polar surface area (TPSA) is 59.2 Å². The highest BCUT2D eigenvalue weighted by atomic mass is 16.3. The van der Waals surface area contributed by atoms with Crippen molar-refractivity contribution in [2.24, 2.45) is 0 Å². The number of oxazole rings is 1. The number of aromatic hydroxyl groups is 1. The van der Waals surface area contributed by atoms with Crippen molar-refractivity contribution in [2.45, 2.75) is 52.4 Å². The van der Waals surface area contributed by atoms with Gasteiger partial charge in [-0.2, -0.15) is 0 Å². The number of hydrogen-bond acceptors (Lipinski definition) is 4. The van der Waals surface area contributed by atoms with Crippen LogP contribution in [0.4, 0.5) is 0 Å². The minimum atomic E-state index is -0.303. The van der Waals surface area contributed by atoms with E-state index in [4.69, 9.17) is 14.4 Å². The molecular weight excluding hydrogens is 564 g/mol. The van der Waals surface area contributed by atoms with Crippen LogP contribution in [-0.4, -0.2) is 15.1 Å². The van der Waals surface area contributed by atoms with E-state index in [0.29, 0.717) is 17.0 Å². The second-order valence-corrected chi connectivity index (χ2v) is 13.8. The minimum absolute atomic E-state index is 0.0214. The van der Waals surface area contributed by atoms with Crippen molar-refractivity contribution in [1.82, 2.24) is 9.97 Å². The predicted molar refractivity (Wildman–Crippen MR) is 189 cm³/mol. The molecule has 0 bridgehead atoms. The first-order valence-corrected chi connectivity index (χ1v) is 15.8. The lowest BCUT2D eigenvalue weighted by Crippen LogP contribution is -2.18. The zero-order valence-electron chi connectivity index (χ0n) is 27.2. The summed E-state index contributed by atoms with van der Waals surface area (Å²) in [4.78, 5) is 9.86. The van der Waals surface area contributed by atoms with Gasteiger partial charge in [0, 0.05) is 28.1 Å². The van der Waals surface area contributed by atoms with Gasteiger partial charge in [-0.15, -0.1) is 0 Å². The van der Waals surface area contributed by atoms with Gasteiger partial charge in [0.05, 0.1) is 11.1 Å². The van der Waals surface area contributed by atoms with Crippen LogP contribution < -0.4 is 0 Å². The molecule has 0 aliphatic rings. The molecule has 4 nitrogen and oxygen atoms in total. The number of benzene rings is 5. The van der Waals surface area contributed by atoms with Gasteiger partial charge in [0.2, 0.25) is 5.89 Å². The van der Waals surface area contributed by atoms with Crippen LogP contribution >= 0.6 is 0 Å². The summed E-state index contributed by atoms with van der Waals surface area (Å²) in [7, 11) is 0. The molecule has 228 valence electrons. The number of fused-ring (bicyclic) bond motifs is 2. The van der Waals surface area contributed by atoms with Gasteiger partial charge in [0.1, 0.15) is 11.3 Å². The first-order valence-electron chi connectivity index (χ1n) is 15.8. The van der Waals surface area contributed by atoms with Crippen LogP contribution in [0.2, 0.25) is 0 Å². The lowest BCUT2D eigenvalue weighted by atomic mass is 9.77. The number of phenols is 1. The highest BCUT2D eigenvalue weighted by Gasteiger charge is 2.27. The Labute approximate surface area is 270 Å². The van der Waals surface area contributed by atoms with Gasteiger partial charge >= 0.3 is 0 Å². The number of aryl methyl sites for hydroxylation is 1. The first-order chi connectivity index (χ1) is 22.0. The molecule has 0 saturated carbocycles. The molecule has 46 heavy (non-hydrogen) atoms. The summed E-state index contributed by atoms with van der Waals surface area (Å²) in [6.07, 6.45) is 1.90. The number of aromatic nitrogens is 2. The normalized spacial score (nSPS) is 12.2. The standard InChI is InChI=1S/C42H38N2O2/c1-26-19-20-43-38-33(26)22-30(41(2,3)4)23-34(38)27-13-12-14-28(21-27)35-24-31(42(5,6)29-15-8-7-9-16-29)25-37-39(35)44-40(46-37)32-17-10-11-18-36(32)45/h7-25,45H,1-6H3. The van der Waals surface area contributed by atoms with Gasteiger partial charge in [0.25, 0.3) is 0 Å². The van der Waals surface area contributed by atoms with E-state index in [-0.39, 0.29) is 16.6 Å². The van der Waals surface area contributed by atoms with Gasteiger partial charge < -0.3 is 9.52 Å². The number of rotatable bonds is 5. The third-order valence-electron chi connectivity index (χ3n) is 9.26. The maximum absolute atomic E-state index is 10.7. The fourth-order valence-electron chi connectivity index (χ4n) is 6.30. The monoisotopic (exact) mass is 602 g/mol. The van der Waals surface area contributed by atoms with Crippen LogP contribution in [0.3, 0.4) is 0 Å². The summed E-state index contributed by atoms with van der Waals surface area (Å²) in [5.74, 6) is 0.527. The summed E-state index contributed by atoms with van der Waals surface area (Å²) in [5.41, 5.74) is 11.7. The molecule has 0 amide bonds. The lowest BCUT2D eigenvalue weighted by molar-refractivity contribution is 0.474. The van der Waals surface area contributed by atoms with Crippen LogP contribution in [0, 0.1) is 6.92 Å². The Hall–Kier alpha value is -5.22. The molecule has 0 aliphatic carbocycles. The van der Waals surface area contributed by atoms with Crippen molar-refractivity contribution in [2.75, 3.05) is 0 Å². The summed E-state index contributed by atoms with van der Waals surface area (Å²) < 4.78 is 6.43. The van der Waals surface area contributed by atoms with Crippen LogP contribution in [0.1, 0.15) is 56.9 Å². The molecule has 2 aromatic heterocycles. The van der Waals surface area contributed by atoms with E-state index in [9.17, 15) is 5.11 Å². The SMILES string of the molecule is Cc1ccnc2c(-c3cccc(-c4cc(C(C)(C)c5ccccc5)cc5oc(-c6ccccc6O)nc45)c3)cc(C(C)(C)C)cc12. The summed E-state index contributed by atoms with van der Waals surface area (Å²) in [6, 6.07) is 37.4. The van der Waals surface area contributed by atoms with E-state index in [0.717, 1.165) is 38.9 Å². The largest absolute Gasteiger partial charge is 0.507 e. The molecule has 7 rings (SSSR count). The second kappa shape index (κ2) is 11.0. The predicted octanol–water partition coefficient (Wildman–Crippen LogP) is 11.0. The van der Waals surface area contributed by atoms with Crippen molar-refractivity contribution in [3.63, 3.8) is 0 Å². The number of phenolic OH excluding ortho intramolecular Hbond substituents is 1. The summed E-state index contributed by atoms with van der Waals surface area (Å²) in [6.45, 7) is 13.4. The molecule has 0 unspecified atom stereocenters. The minimum Gasteiger partial charge on any atom is -0.507 e. The Balaban J connectivity index is 1.47. The number of pyridine rings is 1. The fourth-order valence-corrected chi connectivity index (χ4v) is 6.30. The highest BCUT2D eigenvalue weighted by molar-refractivity contribution is 5.98. The second-order valence-electron chi connectivity index (χ2n) is 13.8. The maximum atomic E-state index is 10.7. The molecule has 0 atom stereocenters. The van der Waals surface area contributed by atoms with Crippen molar-refractivity contribution in [1.29, 1.82) is 0 Å². The fraction of sp³-hybridized carbons (Fsp3) is 0.190. The number of para-hydroxylation sites is 1. The van der Waals surface area contributed by atoms with Gasteiger partial charge in [-0.1, -0.05) is 95.3 Å². The Morgan fingerprint density at radius 1 is 0.609 bits per heavy atom. The third-order valence-corrected chi connectivity index (χ3v) is 9.26. The zero-order valence-corrected chi connectivity index (χ0v) is 27.2. The molecule has 7 aromatic rings. The number of nitrogens with zero attached hydrogens (tertiary/aromatic N) is 2. The van der Waals surface area contributed by atoms with E-state index >= 15 is 0 Å². The molecule has 0 spiro atoms. The summed E-state index contributed by atoms with van der Waals surface area (Å²) in [5, 5.41) is 11.8. The smallest absolute Gasteiger partial charge is 0.231 e. The van der Waals surface area contributed by atoms with Crippen molar-refractivity contribution >= 4 is 22.0 Å². The van der Waals surface area contributed by atoms with E-state index in [1.807, 2.05) is 24.4 Å². The molecule has 5 aromatic carbocycles. The summed E-state index contributed by atoms with van der Waals surface area (Å²) >= 11 is 0. The number of hydrogen-bond donors (Lipinski definition) is 1. The lowest BCUT2D eigenvalue weighted by Gasteiger charge is -2.26. The molecule has 4 heteroatoms. The zero-order chi connectivity index (χ0) is 32.2. The Bertz CT molecular complexity index is 2240. The van der Waals surface area contributed by atoms with Gasteiger partial charge in [0.15, 0.2) is 5.58 Å². The molecule has 0 fully saturated rings. The Morgan fingerprint density at radius 3 is 2.00 bits per heavy atom. The van der Waals surface area contributed by atoms with Crippen LogP contribution in [0.5, 0.6) is 5.75 Å². The van der Waals surface area contributed by atoms with E-state index in [2.05, 4.69) is 120 Å². The molecule has 2 heterocycles. The first kappa shape index (κ1) is 29.5. The van der Waals surface area contributed by atoms with Crippen molar-refractivity contribution in [3.05, 3.63) is 138 Å². The third kappa shape index (κ3) is 5.14. The van der Waals surface area contributed by atoms with Gasteiger partial charge in [-0.25, -0.2) is 4.98 Å². The Morgan fingerprint density at radius 2 is 1.28 bits per heavy atom. The highest BCUT2D eigenvalue weighted by Crippen LogP contribution is 2.42. The van der Waals surface area contributed by atoms with Crippen LogP contribution in [-0.2, 0) is 10.8 Å². The van der Waals surface area contributed by atoms with E-state index < -0.39 is 0 Å². The van der Waals surface area contributed by atoms with Crippen LogP contribution in [0.25, 0.3) is 55.7 Å². The van der Waals surface area contributed by atoms with Crippen LogP contribution in [0.15, 0.2) is 120 Å². The van der Waals surface area contributed by atoms with Gasteiger partial charge in [-0.05, 0) is 94.3 Å². The van der Waals surface area contributed by atoms with Crippen molar-refractivity contribution in [3.8, 4) is 39.5 Å². The molecule has 1 N–H and O–H groups in total. The quantitative estimate of drug-likeness (QED) is 0.213. The van der Waals surface area contributed by atoms with E-state index in [1.165, 1.54) is 22.1 Å². The molecular formula is C42H38N2O2. The average Bonchev–Trinajstić information content (AvgIpc) is 3.48. The Kier molecular flexibility index (Phi) is 7.05. The molecule has 0 aliphatic heterocycles. The van der Waals surface area contributed by atoms with Crippen molar-refractivity contribution < 1.29 is 9.52 Å². The van der Waals surface area contributed by atoms with E-state index in [1.54, 1.807) is 12.1 Å².